The van der Waals surface area contributed by atoms with Gasteiger partial charge in [-0.05, 0) is 55.0 Å². The van der Waals surface area contributed by atoms with Crippen LogP contribution in [-0.4, -0.2) is 35.2 Å². The van der Waals surface area contributed by atoms with Crippen molar-refractivity contribution in [3.8, 4) is 0 Å². The maximum absolute atomic E-state index is 13.0. The average molecular weight is 391 g/mol. The number of nitrogens with zero attached hydrogens (tertiary/aromatic N) is 1. The molecule has 4 rings (SSSR count). The van der Waals surface area contributed by atoms with Crippen LogP contribution in [0.2, 0.25) is 0 Å². The number of carbonyl (C=O) groups excluding carboxylic acids is 1. The molecule has 3 aromatic rings. The molecule has 1 atom stereocenters. The van der Waals surface area contributed by atoms with Crippen molar-refractivity contribution in [2.24, 2.45) is 0 Å². The van der Waals surface area contributed by atoms with Gasteiger partial charge in [0.15, 0.2) is 0 Å². The first kappa shape index (κ1) is 19.2. The summed E-state index contributed by atoms with van der Waals surface area (Å²) in [7, 11) is 0. The van der Waals surface area contributed by atoms with Gasteiger partial charge in [-0.3, -0.25) is 4.79 Å². The lowest BCUT2D eigenvalue weighted by Crippen LogP contribution is -2.40. The van der Waals surface area contributed by atoms with Crippen molar-refractivity contribution in [2.75, 3.05) is 18.5 Å². The van der Waals surface area contributed by atoms with Crippen LogP contribution >= 0.6 is 0 Å². The Morgan fingerprint density at radius 1 is 1.21 bits per heavy atom. The SMILES string of the molecule is Cc1ccc2cc(CN(C[C@@H]3CCCO3)C(=O)Nc3ccccc3)c(=O)[nH]c2c1. The molecule has 2 N–H and O–H groups in total. The van der Waals surface area contributed by atoms with Crippen molar-refractivity contribution >= 4 is 22.6 Å². The van der Waals surface area contributed by atoms with Gasteiger partial charge in [0.2, 0.25) is 0 Å². The molecule has 6 heteroatoms. The number of fused-ring (bicyclic) bond motifs is 1. The highest BCUT2D eigenvalue weighted by Crippen LogP contribution is 2.18. The zero-order valence-corrected chi connectivity index (χ0v) is 16.5. The molecule has 6 nitrogen and oxygen atoms in total. The summed E-state index contributed by atoms with van der Waals surface area (Å²) >= 11 is 0. The van der Waals surface area contributed by atoms with Gasteiger partial charge in [-0.2, -0.15) is 0 Å². The van der Waals surface area contributed by atoms with Crippen LogP contribution in [0.4, 0.5) is 10.5 Å². The number of carbonyl (C=O) groups is 1. The third kappa shape index (κ3) is 4.66. The lowest BCUT2D eigenvalue weighted by atomic mass is 10.1. The van der Waals surface area contributed by atoms with E-state index in [9.17, 15) is 9.59 Å². The van der Waals surface area contributed by atoms with Crippen LogP contribution in [0.1, 0.15) is 24.0 Å². The number of amides is 2. The molecule has 0 saturated carbocycles. The number of hydrogen-bond acceptors (Lipinski definition) is 3. The molecular weight excluding hydrogens is 366 g/mol. The van der Waals surface area contributed by atoms with E-state index >= 15 is 0 Å². The van der Waals surface area contributed by atoms with E-state index in [1.165, 1.54) is 0 Å². The molecule has 1 aliphatic rings. The Hall–Kier alpha value is -3.12. The summed E-state index contributed by atoms with van der Waals surface area (Å²) in [5, 5.41) is 3.87. The van der Waals surface area contributed by atoms with Crippen molar-refractivity contribution in [3.05, 3.63) is 76.1 Å². The number of para-hydroxylation sites is 1. The molecule has 2 aromatic carbocycles. The molecule has 0 radical (unpaired) electrons. The molecule has 0 aliphatic carbocycles. The predicted molar refractivity (Wildman–Crippen MR) is 114 cm³/mol. The lowest BCUT2D eigenvalue weighted by molar-refractivity contribution is 0.0818. The number of benzene rings is 2. The number of rotatable bonds is 5. The highest BCUT2D eigenvalue weighted by atomic mass is 16.5. The number of aromatic amines is 1. The van der Waals surface area contributed by atoms with Crippen LogP contribution in [0.15, 0.2) is 59.4 Å². The smallest absolute Gasteiger partial charge is 0.322 e. The number of ether oxygens (including phenoxy) is 1. The number of aromatic nitrogens is 1. The topological polar surface area (TPSA) is 74.4 Å². The van der Waals surface area contributed by atoms with Crippen LogP contribution in [0, 0.1) is 6.92 Å². The molecule has 150 valence electrons. The fourth-order valence-electron chi connectivity index (χ4n) is 3.66. The van der Waals surface area contributed by atoms with Crippen molar-refractivity contribution in [2.45, 2.75) is 32.4 Å². The summed E-state index contributed by atoms with van der Waals surface area (Å²) < 4.78 is 5.73. The molecule has 29 heavy (non-hydrogen) atoms. The van der Waals surface area contributed by atoms with E-state index in [1.54, 1.807) is 4.90 Å². The molecule has 1 aromatic heterocycles. The fourth-order valence-corrected chi connectivity index (χ4v) is 3.66. The van der Waals surface area contributed by atoms with Gasteiger partial charge in [0.1, 0.15) is 0 Å². The Labute approximate surface area is 169 Å². The van der Waals surface area contributed by atoms with Crippen molar-refractivity contribution in [1.82, 2.24) is 9.88 Å². The largest absolute Gasteiger partial charge is 0.376 e. The molecular formula is C23H25N3O3. The van der Waals surface area contributed by atoms with E-state index in [1.807, 2.05) is 61.5 Å². The standard InChI is InChI=1S/C23H25N3O3/c1-16-9-10-17-13-18(22(27)25-21(17)12-16)14-26(15-20-8-5-11-29-20)23(28)24-19-6-3-2-4-7-19/h2-4,6-7,9-10,12-13,20H,5,8,11,14-15H2,1H3,(H,24,28)(H,25,27)/t20-/m0/s1. The Balaban J connectivity index is 1.59. The zero-order chi connectivity index (χ0) is 20.2. The van der Waals surface area contributed by atoms with Crippen LogP contribution in [0.5, 0.6) is 0 Å². The minimum absolute atomic E-state index is 0.00119. The van der Waals surface area contributed by atoms with Gasteiger partial charge in [-0.25, -0.2) is 4.79 Å². The molecule has 1 fully saturated rings. The summed E-state index contributed by atoms with van der Waals surface area (Å²) in [6.45, 7) is 3.37. The predicted octanol–water partition coefficient (Wildman–Crippen LogP) is 4.05. The lowest BCUT2D eigenvalue weighted by Gasteiger charge is -2.25. The number of aryl methyl sites for hydroxylation is 1. The Bertz CT molecular complexity index is 1060. The monoisotopic (exact) mass is 391 g/mol. The van der Waals surface area contributed by atoms with Gasteiger partial charge in [-0.1, -0.05) is 30.3 Å². The van der Waals surface area contributed by atoms with E-state index in [0.717, 1.165) is 35.0 Å². The van der Waals surface area contributed by atoms with Crippen LogP contribution < -0.4 is 10.9 Å². The summed E-state index contributed by atoms with van der Waals surface area (Å²) in [6, 6.07) is 16.9. The van der Waals surface area contributed by atoms with Crippen LogP contribution in [0.25, 0.3) is 10.9 Å². The van der Waals surface area contributed by atoms with E-state index < -0.39 is 0 Å². The highest BCUT2D eigenvalue weighted by molar-refractivity contribution is 5.89. The molecule has 1 saturated heterocycles. The Morgan fingerprint density at radius 2 is 2.03 bits per heavy atom. The van der Waals surface area contributed by atoms with Gasteiger partial charge >= 0.3 is 6.03 Å². The van der Waals surface area contributed by atoms with Gasteiger partial charge in [-0.15, -0.1) is 0 Å². The molecule has 0 bridgehead atoms. The quantitative estimate of drug-likeness (QED) is 0.689. The Kier molecular flexibility index (Phi) is 5.62. The van der Waals surface area contributed by atoms with Gasteiger partial charge in [0, 0.05) is 29.9 Å². The molecule has 2 amide bonds. The van der Waals surface area contributed by atoms with Gasteiger partial charge in [0.25, 0.3) is 5.56 Å². The minimum Gasteiger partial charge on any atom is -0.376 e. The number of nitrogens with one attached hydrogen (secondary N) is 2. The molecule has 0 unspecified atom stereocenters. The first-order valence-electron chi connectivity index (χ1n) is 9.93. The number of anilines is 1. The van der Waals surface area contributed by atoms with Gasteiger partial charge < -0.3 is 19.9 Å². The fraction of sp³-hybridized carbons (Fsp3) is 0.304. The van der Waals surface area contributed by atoms with Gasteiger partial charge in [0.05, 0.1) is 12.6 Å². The normalized spacial score (nSPS) is 16.1. The summed E-state index contributed by atoms with van der Waals surface area (Å²) in [4.78, 5) is 30.2. The third-order valence-corrected chi connectivity index (χ3v) is 5.20. The van der Waals surface area contributed by atoms with Crippen molar-refractivity contribution in [1.29, 1.82) is 0 Å². The number of H-pyrrole nitrogens is 1. The molecule has 0 spiro atoms. The van der Waals surface area contributed by atoms with Crippen LogP contribution in [-0.2, 0) is 11.3 Å². The maximum Gasteiger partial charge on any atom is 0.322 e. The summed E-state index contributed by atoms with van der Waals surface area (Å²) in [5.41, 5.74) is 2.99. The van der Waals surface area contributed by atoms with Crippen molar-refractivity contribution < 1.29 is 9.53 Å². The van der Waals surface area contributed by atoms with Crippen LogP contribution in [0.3, 0.4) is 0 Å². The van der Waals surface area contributed by atoms with E-state index in [4.69, 9.17) is 4.74 Å². The second-order valence-electron chi connectivity index (χ2n) is 7.53. The second kappa shape index (κ2) is 8.49. The summed E-state index contributed by atoms with van der Waals surface area (Å²) in [5.74, 6) is 0. The molecule has 1 aliphatic heterocycles. The number of urea groups is 1. The summed E-state index contributed by atoms with van der Waals surface area (Å²) in [6.07, 6.45) is 1.91. The molecule has 2 heterocycles. The number of pyridine rings is 1. The van der Waals surface area contributed by atoms with E-state index in [-0.39, 0.29) is 24.2 Å². The first-order valence-corrected chi connectivity index (χ1v) is 9.93. The zero-order valence-electron chi connectivity index (χ0n) is 16.5. The highest BCUT2D eigenvalue weighted by Gasteiger charge is 2.24. The minimum atomic E-state index is -0.241. The first-order chi connectivity index (χ1) is 14.1. The average Bonchev–Trinajstić information content (AvgIpc) is 3.22. The second-order valence-corrected chi connectivity index (χ2v) is 7.53. The van der Waals surface area contributed by atoms with E-state index in [0.29, 0.717) is 18.7 Å². The van der Waals surface area contributed by atoms with Crippen molar-refractivity contribution in [3.63, 3.8) is 0 Å². The van der Waals surface area contributed by atoms with E-state index in [2.05, 4.69) is 10.3 Å². The third-order valence-electron chi connectivity index (χ3n) is 5.20. The Morgan fingerprint density at radius 3 is 2.79 bits per heavy atom. The maximum atomic E-state index is 13.0. The number of hydrogen-bond donors (Lipinski definition) is 2.